The third-order valence-electron chi connectivity index (χ3n) is 6.90. The van der Waals surface area contributed by atoms with E-state index < -0.39 is 6.04 Å². The Morgan fingerprint density at radius 1 is 0.943 bits per heavy atom. The number of thioether (sulfide) groups is 1. The van der Waals surface area contributed by atoms with Gasteiger partial charge in [-0.2, -0.15) is 11.8 Å². The molecule has 1 rings (SSSR count). The van der Waals surface area contributed by atoms with Crippen LogP contribution in [0, 0.1) is 5.41 Å². The molecule has 8 nitrogen and oxygen atoms in total. The summed E-state index contributed by atoms with van der Waals surface area (Å²) in [4.78, 5) is 28.2. The van der Waals surface area contributed by atoms with Crippen LogP contribution in [0.3, 0.4) is 0 Å². The van der Waals surface area contributed by atoms with Crippen molar-refractivity contribution in [3.63, 3.8) is 0 Å². The number of aliphatic imine (C=N–C) groups is 1. The number of guanidine groups is 1. The van der Waals surface area contributed by atoms with Gasteiger partial charge in [-0.05, 0) is 43.9 Å². The molecule has 1 fully saturated rings. The first-order valence-electron chi connectivity index (χ1n) is 13.7. The first-order valence-corrected chi connectivity index (χ1v) is 14.8. The summed E-state index contributed by atoms with van der Waals surface area (Å²) in [6.45, 7) is 4.46. The number of nitrogens with one attached hydrogen (secondary N) is 4. The number of hydrogen-bond acceptors (Lipinski definition) is 5. The lowest BCUT2D eigenvalue weighted by atomic mass is 9.76. The van der Waals surface area contributed by atoms with E-state index >= 15 is 0 Å². The topological polar surface area (TPSA) is 121 Å². The first-order chi connectivity index (χ1) is 16.9. The molecule has 204 valence electrons. The Balaban J connectivity index is 2.01. The molecule has 0 aromatic heterocycles. The number of nitrogens with zero attached hydrogens (tertiary/aromatic N) is 1. The van der Waals surface area contributed by atoms with Crippen molar-refractivity contribution < 1.29 is 9.59 Å². The Morgan fingerprint density at radius 2 is 1.60 bits per heavy atom. The fourth-order valence-electron chi connectivity index (χ4n) is 4.62. The van der Waals surface area contributed by atoms with Gasteiger partial charge in [-0.1, -0.05) is 51.9 Å². The van der Waals surface area contributed by atoms with Crippen molar-refractivity contribution in [3.05, 3.63) is 0 Å². The molecule has 2 amide bonds. The molecule has 0 saturated heterocycles. The van der Waals surface area contributed by atoms with Crippen LogP contribution in [0.25, 0.3) is 0 Å². The van der Waals surface area contributed by atoms with E-state index in [1.165, 1.54) is 76.0 Å². The van der Waals surface area contributed by atoms with E-state index in [9.17, 15) is 9.59 Å². The zero-order valence-corrected chi connectivity index (χ0v) is 23.4. The van der Waals surface area contributed by atoms with Crippen LogP contribution in [0.2, 0.25) is 0 Å². The van der Waals surface area contributed by atoms with Gasteiger partial charge in [0.15, 0.2) is 5.96 Å². The van der Waals surface area contributed by atoms with Gasteiger partial charge in [0.1, 0.15) is 0 Å². The lowest BCUT2D eigenvalue weighted by molar-refractivity contribution is -0.122. The van der Waals surface area contributed by atoms with Crippen LogP contribution in [0.5, 0.6) is 0 Å². The van der Waals surface area contributed by atoms with Crippen LogP contribution in [0.15, 0.2) is 4.99 Å². The minimum absolute atomic E-state index is 0.0794. The number of unbranched alkanes of at least 4 members (excludes halogenated alkanes) is 1. The van der Waals surface area contributed by atoms with Gasteiger partial charge < -0.3 is 27.0 Å². The summed E-state index contributed by atoms with van der Waals surface area (Å²) < 4.78 is 0. The lowest BCUT2D eigenvalue weighted by Crippen LogP contribution is -2.42. The highest BCUT2D eigenvalue weighted by atomic mass is 32.2. The maximum absolute atomic E-state index is 12.1. The summed E-state index contributed by atoms with van der Waals surface area (Å²) in [6, 6.07) is -0.518. The summed E-state index contributed by atoms with van der Waals surface area (Å²) in [5, 5.41) is 12.0. The van der Waals surface area contributed by atoms with Crippen molar-refractivity contribution in [2.24, 2.45) is 16.1 Å². The van der Waals surface area contributed by atoms with E-state index in [4.69, 9.17) is 5.73 Å². The van der Waals surface area contributed by atoms with Gasteiger partial charge in [0.2, 0.25) is 11.8 Å². The molecule has 6 N–H and O–H groups in total. The predicted octanol–water partition coefficient (Wildman–Crippen LogP) is 3.17. The number of hydrogen-bond donors (Lipinski definition) is 5. The Labute approximate surface area is 218 Å². The van der Waals surface area contributed by atoms with Gasteiger partial charge in [-0.3, -0.25) is 14.6 Å². The summed E-state index contributed by atoms with van der Waals surface area (Å²) in [5.41, 5.74) is 6.46. The molecule has 1 aliphatic carbocycles. The summed E-state index contributed by atoms with van der Waals surface area (Å²) in [6.07, 6.45) is 16.0. The third-order valence-corrected chi connectivity index (χ3v) is 7.86. The van der Waals surface area contributed by atoms with Crippen LogP contribution >= 0.6 is 11.8 Å². The molecule has 1 saturated carbocycles. The molecule has 0 spiro atoms. The maximum Gasteiger partial charge on any atom is 0.236 e. The highest BCUT2D eigenvalue weighted by Crippen LogP contribution is 2.37. The van der Waals surface area contributed by atoms with Crippen molar-refractivity contribution in [2.45, 2.75) is 96.4 Å². The van der Waals surface area contributed by atoms with E-state index in [0.29, 0.717) is 36.4 Å². The fourth-order valence-corrected chi connectivity index (χ4v) is 5.30. The average Bonchev–Trinajstić information content (AvgIpc) is 2.95. The Kier molecular flexibility index (Phi) is 17.7. The normalized spacial score (nSPS) is 17.4. The van der Waals surface area contributed by atoms with E-state index in [2.05, 4.69) is 33.2 Å². The molecule has 1 aliphatic rings. The molecule has 0 bridgehead atoms. The van der Waals surface area contributed by atoms with Crippen LogP contribution in [0.4, 0.5) is 0 Å². The minimum atomic E-state index is -0.518. The zero-order chi connectivity index (χ0) is 25.8. The van der Waals surface area contributed by atoms with Gasteiger partial charge in [0.25, 0.3) is 0 Å². The summed E-state index contributed by atoms with van der Waals surface area (Å²) in [7, 11) is 3.51. The minimum Gasteiger partial charge on any atom is -0.359 e. The summed E-state index contributed by atoms with van der Waals surface area (Å²) in [5.74, 6) is 1.79. The van der Waals surface area contributed by atoms with Gasteiger partial charge in [-0.15, -0.1) is 0 Å². The number of rotatable bonds is 15. The molecule has 0 aromatic carbocycles. The molecule has 0 aromatic rings. The standard InChI is InChI=1S/C26H52N6O2S/c1-26(14-8-6-4-5-7-9-15-26)16-10-11-17-30-23(33)21-35-20-19-31-24(34)22(27)13-12-18-32-25(28-2)29-3/h22H,4-21,27H2,1-3H3,(H,30,33)(H,31,34)(H2,28,29,32). The molecule has 0 aliphatic heterocycles. The number of amides is 2. The molecular weight excluding hydrogens is 460 g/mol. The van der Waals surface area contributed by atoms with Gasteiger partial charge in [-0.25, -0.2) is 0 Å². The second kappa shape index (κ2) is 19.7. The van der Waals surface area contributed by atoms with Crippen LogP contribution in [-0.4, -0.2) is 69.1 Å². The number of carbonyl (C=O) groups excluding carboxylic acids is 2. The Hall–Kier alpha value is -1.48. The average molecular weight is 513 g/mol. The van der Waals surface area contributed by atoms with E-state index in [1.807, 2.05) is 0 Å². The van der Waals surface area contributed by atoms with Crippen molar-refractivity contribution >= 4 is 29.5 Å². The maximum atomic E-state index is 12.1. The van der Waals surface area contributed by atoms with E-state index in [-0.39, 0.29) is 11.8 Å². The Morgan fingerprint density at radius 3 is 2.26 bits per heavy atom. The highest BCUT2D eigenvalue weighted by molar-refractivity contribution is 7.99. The van der Waals surface area contributed by atoms with E-state index in [0.717, 1.165) is 25.3 Å². The van der Waals surface area contributed by atoms with Crippen LogP contribution in [0.1, 0.15) is 90.4 Å². The molecule has 0 heterocycles. The molecule has 35 heavy (non-hydrogen) atoms. The zero-order valence-electron chi connectivity index (χ0n) is 22.6. The largest absolute Gasteiger partial charge is 0.359 e. The van der Waals surface area contributed by atoms with Crippen molar-refractivity contribution in [1.29, 1.82) is 0 Å². The van der Waals surface area contributed by atoms with Gasteiger partial charge >= 0.3 is 0 Å². The van der Waals surface area contributed by atoms with Crippen molar-refractivity contribution in [1.82, 2.24) is 21.3 Å². The predicted molar refractivity (Wildman–Crippen MR) is 150 cm³/mol. The molecule has 1 atom stereocenters. The smallest absolute Gasteiger partial charge is 0.236 e. The Bertz CT molecular complexity index is 607. The summed E-state index contributed by atoms with van der Waals surface area (Å²) >= 11 is 1.54. The fraction of sp³-hybridized carbons (Fsp3) is 0.885. The second-order valence-electron chi connectivity index (χ2n) is 10.1. The molecule has 1 unspecified atom stereocenters. The highest BCUT2D eigenvalue weighted by Gasteiger charge is 2.23. The SMILES string of the molecule is CN=C(NC)NCCCC(N)C(=O)NCCSCC(=O)NCCCCC1(C)CCCCCCCC1. The van der Waals surface area contributed by atoms with Crippen LogP contribution < -0.4 is 27.0 Å². The molecule has 0 radical (unpaired) electrons. The van der Waals surface area contributed by atoms with Crippen molar-refractivity contribution in [2.75, 3.05) is 45.2 Å². The van der Waals surface area contributed by atoms with Crippen LogP contribution in [-0.2, 0) is 9.59 Å². The quantitative estimate of drug-likeness (QED) is 0.131. The second-order valence-corrected chi connectivity index (χ2v) is 11.2. The lowest BCUT2D eigenvalue weighted by Gasteiger charge is -2.29. The third kappa shape index (κ3) is 16.0. The van der Waals surface area contributed by atoms with E-state index in [1.54, 1.807) is 14.1 Å². The van der Waals surface area contributed by atoms with Crippen molar-refractivity contribution in [3.8, 4) is 0 Å². The number of nitrogens with two attached hydrogens (primary N) is 1. The van der Waals surface area contributed by atoms with Gasteiger partial charge in [0.05, 0.1) is 11.8 Å². The monoisotopic (exact) mass is 512 g/mol. The van der Waals surface area contributed by atoms with Gasteiger partial charge in [0, 0.05) is 39.5 Å². The molecule has 9 heteroatoms. The molecular formula is C26H52N6O2S. The first kappa shape index (κ1) is 31.5. The number of carbonyl (C=O) groups is 2.